The summed E-state index contributed by atoms with van der Waals surface area (Å²) in [7, 11) is 4.02. The first kappa shape index (κ1) is 23.2. The first-order chi connectivity index (χ1) is 17.0. The fraction of sp³-hybridized carbons (Fsp3) is 0.286. The number of anilines is 1. The van der Waals surface area contributed by atoms with Crippen LogP contribution in [0.1, 0.15) is 28.1 Å². The van der Waals surface area contributed by atoms with E-state index < -0.39 is 0 Å². The first-order valence-corrected chi connectivity index (χ1v) is 12.8. The van der Waals surface area contributed by atoms with E-state index >= 15 is 0 Å². The van der Waals surface area contributed by atoms with Crippen LogP contribution in [0.15, 0.2) is 72.9 Å². The summed E-state index contributed by atoms with van der Waals surface area (Å²) in [6.45, 7) is 1.74. The number of fused-ring (bicyclic) bond motifs is 1. The van der Waals surface area contributed by atoms with Crippen LogP contribution in [0.3, 0.4) is 0 Å². The van der Waals surface area contributed by atoms with Gasteiger partial charge >= 0.3 is 0 Å². The van der Waals surface area contributed by atoms with Crippen LogP contribution in [0.2, 0.25) is 0 Å². The third-order valence-electron chi connectivity index (χ3n) is 6.71. The number of aromatic nitrogens is 1. The number of piperidine rings is 1. The lowest BCUT2D eigenvalue weighted by atomic mass is 9.95. The number of carbonyl (C=O) groups is 2. The Morgan fingerprint density at radius 3 is 2.46 bits per heavy atom. The highest BCUT2D eigenvalue weighted by molar-refractivity contribution is 7.16. The Morgan fingerprint density at radius 1 is 0.971 bits per heavy atom. The molecule has 0 spiro atoms. The van der Waals surface area contributed by atoms with Crippen molar-refractivity contribution in [2.45, 2.75) is 19.4 Å². The molecule has 3 heterocycles. The predicted molar refractivity (Wildman–Crippen MR) is 142 cm³/mol. The zero-order valence-electron chi connectivity index (χ0n) is 20.1. The first-order valence-electron chi connectivity index (χ1n) is 12.0. The van der Waals surface area contributed by atoms with Crippen LogP contribution in [0.4, 0.5) is 5.69 Å². The molecule has 1 aliphatic rings. The molecule has 4 aromatic rings. The van der Waals surface area contributed by atoms with Gasteiger partial charge in [-0.15, -0.1) is 11.3 Å². The molecule has 0 saturated carbocycles. The number of nitrogens with zero attached hydrogens (tertiary/aromatic N) is 3. The summed E-state index contributed by atoms with van der Waals surface area (Å²) in [6.07, 6.45) is 3.43. The Kier molecular flexibility index (Phi) is 6.59. The van der Waals surface area contributed by atoms with Crippen molar-refractivity contribution < 1.29 is 9.59 Å². The molecule has 7 heteroatoms. The average molecular weight is 487 g/mol. The number of hydrogen-bond acceptors (Lipinski definition) is 4. The van der Waals surface area contributed by atoms with Crippen molar-refractivity contribution in [3.8, 4) is 5.00 Å². The molecule has 35 heavy (non-hydrogen) atoms. The van der Waals surface area contributed by atoms with E-state index in [2.05, 4.69) is 45.1 Å². The Morgan fingerprint density at radius 2 is 1.71 bits per heavy atom. The normalized spacial score (nSPS) is 14.3. The zero-order chi connectivity index (χ0) is 24.4. The molecular formula is C28H30N4O2S. The third kappa shape index (κ3) is 4.95. The largest absolute Gasteiger partial charge is 0.378 e. The van der Waals surface area contributed by atoms with Gasteiger partial charge < -0.3 is 19.7 Å². The highest BCUT2D eigenvalue weighted by Gasteiger charge is 2.28. The number of hydrogen-bond donors (Lipinski definition) is 1. The van der Waals surface area contributed by atoms with Crippen molar-refractivity contribution in [3.63, 3.8) is 0 Å². The van der Waals surface area contributed by atoms with E-state index in [0.717, 1.165) is 26.6 Å². The maximum atomic E-state index is 13.1. The highest BCUT2D eigenvalue weighted by Crippen LogP contribution is 2.28. The lowest BCUT2D eigenvalue weighted by Gasteiger charge is -2.31. The van der Waals surface area contributed by atoms with E-state index in [1.807, 2.05) is 61.6 Å². The number of carbonyl (C=O) groups excluding carboxylic acids is 2. The standard InChI is InChI=1S/C28H30N4O2S/c1-30(2)23-9-7-20(8-10-23)19-29-27(33)22-13-16-31(17-14-22)28(34)25-11-12-26(35-25)32-18-15-21-5-3-4-6-24(21)32/h3-12,15,18,22H,13-14,16-17,19H2,1-2H3,(H,29,33). The molecule has 0 unspecified atom stereocenters. The van der Waals surface area contributed by atoms with E-state index in [1.54, 1.807) is 0 Å². The van der Waals surface area contributed by atoms with Gasteiger partial charge in [0.15, 0.2) is 0 Å². The van der Waals surface area contributed by atoms with Gasteiger partial charge in [0.25, 0.3) is 5.91 Å². The fourth-order valence-corrected chi connectivity index (χ4v) is 5.56. The Labute approximate surface area is 209 Å². The van der Waals surface area contributed by atoms with E-state index in [4.69, 9.17) is 0 Å². The number of benzene rings is 2. The summed E-state index contributed by atoms with van der Waals surface area (Å²) in [5.41, 5.74) is 3.35. The van der Waals surface area contributed by atoms with Crippen molar-refractivity contribution in [2.24, 2.45) is 5.92 Å². The molecule has 0 atom stereocenters. The molecule has 0 bridgehead atoms. The Balaban J connectivity index is 1.15. The minimum Gasteiger partial charge on any atom is -0.378 e. The molecule has 0 aliphatic carbocycles. The summed E-state index contributed by atoms with van der Waals surface area (Å²) in [5, 5.41) is 5.28. The molecule has 0 radical (unpaired) electrons. The molecule has 180 valence electrons. The van der Waals surface area contributed by atoms with Crippen LogP contribution in [0.5, 0.6) is 0 Å². The van der Waals surface area contributed by atoms with Crippen LogP contribution in [-0.2, 0) is 11.3 Å². The van der Waals surface area contributed by atoms with Gasteiger partial charge in [-0.25, -0.2) is 0 Å². The van der Waals surface area contributed by atoms with Crippen molar-refractivity contribution in [1.82, 2.24) is 14.8 Å². The second kappa shape index (κ2) is 9.96. The molecule has 1 saturated heterocycles. The lowest BCUT2D eigenvalue weighted by molar-refractivity contribution is -0.126. The number of nitrogens with one attached hydrogen (secondary N) is 1. The molecule has 2 aromatic heterocycles. The maximum Gasteiger partial charge on any atom is 0.263 e. The molecule has 1 aliphatic heterocycles. The number of thiophene rings is 1. The monoisotopic (exact) mass is 486 g/mol. The van der Waals surface area contributed by atoms with Gasteiger partial charge in [0, 0.05) is 51.5 Å². The van der Waals surface area contributed by atoms with Crippen molar-refractivity contribution in [3.05, 3.63) is 83.4 Å². The quantitative estimate of drug-likeness (QED) is 0.421. The van der Waals surface area contributed by atoms with Crippen LogP contribution < -0.4 is 10.2 Å². The van der Waals surface area contributed by atoms with Crippen LogP contribution in [0, 0.1) is 5.92 Å². The zero-order valence-corrected chi connectivity index (χ0v) is 20.9. The number of rotatable bonds is 6. The van der Waals surface area contributed by atoms with Gasteiger partial charge in [0.05, 0.1) is 10.4 Å². The van der Waals surface area contributed by atoms with Crippen molar-refractivity contribution in [2.75, 3.05) is 32.1 Å². The second-order valence-electron chi connectivity index (χ2n) is 9.23. The smallest absolute Gasteiger partial charge is 0.263 e. The average Bonchev–Trinajstić information content (AvgIpc) is 3.54. The van der Waals surface area contributed by atoms with Gasteiger partial charge in [-0.2, -0.15) is 0 Å². The molecule has 5 rings (SSSR count). The Hall–Kier alpha value is -3.58. The van der Waals surface area contributed by atoms with Gasteiger partial charge in [0.2, 0.25) is 5.91 Å². The summed E-state index contributed by atoms with van der Waals surface area (Å²) in [6, 6.07) is 22.4. The van der Waals surface area contributed by atoms with Gasteiger partial charge in [-0.1, -0.05) is 30.3 Å². The van der Waals surface area contributed by atoms with Crippen molar-refractivity contribution >= 4 is 39.7 Å². The van der Waals surface area contributed by atoms with Crippen LogP contribution >= 0.6 is 11.3 Å². The highest BCUT2D eigenvalue weighted by atomic mass is 32.1. The van der Waals surface area contributed by atoms with Gasteiger partial charge in [0.1, 0.15) is 5.00 Å². The molecule has 1 fully saturated rings. The summed E-state index contributed by atoms with van der Waals surface area (Å²) >= 11 is 1.51. The molecular weight excluding hydrogens is 456 g/mol. The van der Waals surface area contributed by atoms with Crippen LogP contribution in [0.25, 0.3) is 15.9 Å². The van der Waals surface area contributed by atoms with E-state index in [9.17, 15) is 9.59 Å². The van der Waals surface area contributed by atoms with E-state index in [0.29, 0.717) is 32.5 Å². The molecule has 1 N–H and O–H groups in total. The fourth-order valence-electron chi connectivity index (χ4n) is 4.59. The lowest BCUT2D eigenvalue weighted by Crippen LogP contribution is -2.42. The van der Waals surface area contributed by atoms with Gasteiger partial charge in [-0.05, 0) is 60.2 Å². The third-order valence-corrected chi connectivity index (χ3v) is 7.78. The summed E-state index contributed by atoms with van der Waals surface area (Å²) in [4.78, 5) is 30.5. The molecule has 2 amide bonds. The number of para-hydroxylation sites is 1. The predicted octanol–water partition coefficient (Wildman–Crippen LogP) is 4.93. The maximum absolute atomic E-state index is 13.1. The summed E-state index contributed by atoms with van der Waals surface area (Å²) in [5.74, 6) is 0.0782. The minimum absolute atomic E-state index is 0.0507. The number of likely N-dealkylation sites (tertiary alicyclic amines) is 1. The minimum atomic E-state index is -0.0507. The summed E-state index contributed by atoms with van der Waals surface area (Å²) < 4.78 is 2.13. The molecule has 6 nitrogen and oxygen atoms in total. The second-order valence-corrected chi connectivity index (χ2v) is 10.3. The van der Waals surface area contributed by atoms with E-state index in [1.165, 1.54) is 16.7 Å². The van der Waals surface area contributed by atoms with Crippen LogP contribution in [-0.4, -0.2) is 48.5 Å². The van der Waals surface area contributed by atoms with E-state index in [-0.39, 0.29) is 17.7 Å². The SMILES string of the molecule is CN(C)c1ccc(CNC(=O)C2CCN(C(=O)c3ccc(-n4ccc5ccccc54)s3)CC2)cc1. The van der Waals surface area contributed by atoms with Gasteiger partial charge in [-0.3, -0.25) is 9.59 Å². The number of amides is 2. The topological polar surface area (TPSA) is 57.6 Å². The van der Waals surface area contributed by atoms with Crippen molar-refractivity contribution in [1.29, 1.82) is 0 Å². The molecule has 2 aromatic carbocycles. The Bertz CT molecular complexity index is 1330.